The molecule has 1 unspecified atom stereocenters. The molecule has 0 saturated carbocycles. The van der Waals surface area contributed by atoms with E-state index in [2.05, 4.69) is 10.6 Å². The number of methoxy groups -OCH3 is 1. The topological polar surface area (TPSA) is 123 Å². The molecule has 0 aliphatic carbocycles. The maximum Gasteiger partial charge on any atom is 0.256 e. The predicted octanol–water partition coefficient (Wildman–Crippen LogP) is -0.300. The molecule has 2 rings (SSSR count). The van der Waals surface area contributed by atoms with Gasteiger partial charge < -0.3 is 41.1 Å². The minimum absolute atomic E-state index is 0.167. The number of thiocarbonyl (C=S) groups is 1. The molecule has 1 atom stereocenters. The van der Waals surface area contributed by atoms with Gasteiger partial charge in [0.05, 0.1) is 20.3 Å². The normalized spacial score (nSPS) is 15.6. The Kier molecular flexibility index (Phi) is 8.57. The average Bonchev–Trinajstić information content (AvgIpc) is 2.74. The van der Waals surface area contributed by atoms with Crippen LogP contribution in [0.3, 0.4) is 0 Å². The molecule has 12 heteroatoms. The van der Waals surface area contributed by atoms with E-state index < -0.39 is 30.3 Å². The summed E-state index contributed by atoms with van der Waals surface area (Å²) in [5, 5.41) is 23.9. The zero-order valence-corrected chi connectivity index (χ0v) is 17.2. The molecule has 1 amide bonds. The van der Waals surface area contributed by atoms with Crippen LogP contribution in [0.15, 0.2) is 24.0 Å². The third-order valence-electron chi connectivity index (χ3n) is 4.43. The van der Waals surface area contributed by atoms with Crippen molar-refractivity contribution in [3.63, 3.8) is 0 Å². The summed E-state index contributed by atoms with van der Waals surface area (Å²) in [4.78, 5) is 14.7. The number of piperazine rings is 1. The number of amides is 1. The van der Waals surface area contributed by atoms with Gasteiger partial charge in [0.2, 0.25) is 0 Å². The van der Waals surface area contributed by atoms with Gasteiger partial charge >= 0.3 is 0 Å². The summed E-state index contributed by atoms with van der Waals surface area (Å²) in [6.07, 6.45) is -0.105. The highest BCUT2D eigenvalue weighted by Crippen LogP contribution is 2.28. The smallest absolute Gasteiger partial charge is 0.256 e. The second-order valence-electron chi connectivity index (χ2n) is 6.51. The molecule has 0 radical (unpaired) electrons. The van der Waals surface area contributed by atoms with Gasteiger partial charge in [0.1, 0.15) is 5.69 Å². The fourth-order valence-corrected chi connectivity index (χ4v) is 2.94. The van der Waals surface area contributed by atoms with E-state index in [9.17, 15) is 18.7 Å². The number of anilines is 2. The molecule has 0 aromatic heterocycles. The van der Waals surface area contributed by atoms with Crippen molar-refractivity contribution in [1.82, 2.24) is 10.2 Å². The van der Waals surface area contributed by atoms with Crippen LogP contribution in [-0.2, 0) is 9.53 Å². The van der Waals surface area contributed by atoms with Crippen molar-refractivity contribution in [2.75, 3.05) is 56.7 Å². The Balaban J connectivity index is 2.00. The molecular weight excluding hydrogens is 420 g/mol. The number of nitrogens with zero attached hydrogens (tertiary/aromatic N) is 2. The zero-order valence-electron chi connectivity index (χ0n) is 16.4. The van der Waals surface area contributed by atoms with Crippen LogP contribution in [0.5, 0.6) is 0 Å². The zero-order chi connectivity index (χ0) is 22.3. The molecule has 1 aromatic carbocycles. The van der Waals surface area contributed by atoms with Gasteiger partial charge in [-0.1, -0.05) is 0 Å². The summed E-state index contributed by atoms with van der Waals surface area (Å²) in [7, 11) is 1.41. The van der Waals surface area contributed by atoms with Crippen molar-refractivity contribution in [3.8, 4) is 0 Å². The first-order chi connectivity index (χ1) is 14.3. The molecule has 1 heterocycles. The lowest BCUT2D eigenvalue weighted by Crippen LogP contribution is -2.52. The van der Waals surface area contributed by atoms with Gasteiger partial charge in [-0.3, -0.25) is 4.79 Å². The lowest BCUT2D eigenvalue weighted by atomic mass is 10.2. The van der Waals surface area contributed by atoms with E-state index in [0.717, 1.165) is 12.1 Å². The minimum atomic E-state index is -1.49. The Hall–Kier alpha value is -2.70. The Morgan fingerprint density at radius 2 is 1.93 bits per heavy atom. The van der Waals surface area contributed by atoms with Gasteiger partial charge in [0.25, 0.3) is 11.1 Å². The molecule has 1 aromatic rings. The highest BCUT2D eigenvalue weighted by atomic mass is 32.1. The number of aliphatic hydroxyl groups is 2. The number of rotatable bonds is 7. The summed E-state index contributed by atoms with van der Waals surface area (Å²) in [5.74, 6) is -2.14. The van der Waals surface area contributed by atoms with Gasteiger partial charge in [-0.15, -0.1) is 0 Å². The summed E-state index contributed by atoms with van der Waals surface area (Å²) in [5.41, 5.74) is 6.09. The van der Waals surface area contributed by atoms with E-state index in [1.165, 1.54) is 23.1 Å². The maximum atomic E-state index is 14.6. The number of benzene rings is 1. The summed E-state index contributed by atoms with van der Waals surface area (Å²) in [6.45, 7) is 0.223. The van der Waals surface area contributed by atoms with E-state index in [4.69, 9.17) is 27.8 Å². The number of halogens is 2. The van der Waals surface area contributed by atoms with Crippen LogP contribution >= 0.6 is 12.2 Å². The first-order valence-electron chi connectivity index (χ1n) is 9.11. The fraction of sp³-hybridized carbons (Fsp3) is 0.444. The number of hydrogen-bond acceptors (Lipinski definition) is 8. The Morgan fingerprint density at radius 1 is 1.33 bits per heavy atom. The van der Waals surface area contributed by atoms with E-state index >= 15 is 0 Å². The van der Waals surface area contributed by atoms with Gasteiger partial charge in [-0.25, -0.2) is 8.78 Å². The van der Waals surface area contributed by atoms with Crippen LogP contribution in [0, 0.1) is 11.6 Å². The van der Waals surface area contributed by atoms with Crippen LogP contribution in [-0.4, -0.2) is 78.7 Å². The summed E-state index contributed by atoms with van der Waals surface area (Å²) >= 11 is 4.82. The third-order valence-corrected chi connectivity index (χ3v) is 4.74. The Morgan fingerprint density at radius 3 is 2.47 bits per heavy atom. The number of nitrogens with two attached hydrogens (primary N) is 1. The van der Waals surface area contributed by atoms with Crippen molar-refractivity contribution in [1.29, 1.82) is 0 Å². The number of carbonyl (C=O) groups is 1. The second-order valence-corrected chi connectivity index (χ2v) is 6.88. The number of nitrogens with one attached hydrogen (secondary N) is 2. The molecule has 1 aliphatic heterocycles. The van der Waals surface area contributed by atoms with Gasteiger partial charge in [0, 0.05) is 43.8 Å². The highest BCUT2D eigenvalue weighted by molar-refractivity contribution is 7.80. The van der Waals surface area contributed by atoms with Crippen molar-refractivity contribution in [2.45, 2.75) is 6.10 Å². The Labute approximate surface area is 178 Å². The van der Waals surface area contributed by atoms with Crippen LogP contribution in [0.1, 0.15) is 0 Å². The summed E-state index contributed by atoms with van der Waals surface area (Å²) < 4.78 is 33.9. The van der Waals surface area contributed by atoms with E-state index in [1.54, 1.807) is 0 Å². The minimum Gasteiger partial charge on any atom is -0.474 e. The molecule has 1 fully saturated rings. The SMILES string of the molecule is COC(=S)NC/C(N)=C/Nc1cc(F)c(N2CCN(C(=O)C(O)CO)CC2)c(F)c1. The van der Waals surface area contributed by atoms with Crippen LogP contribution < -0.4 is 21.3 Å². The number of carbonyl (C=O) groups excluding carboxylic acids is 1. The molecule has 0 bridgehead atoms. The van der Waals surface area contributed by atoms with Crippen LogP contribution in [0.25, 0.3) is 0 Å². The van der Waals surface area contributed by atoms with Crippen molar-refractivity contribution < 1.29 is 28.5 Å². The standard InChI is InChI=1S/C18H25F2N5O4S/c1-29-18(30)23-9-11(21)8-22-12-6-13(19)16(14(20)7-12)24-2-4-25(5-3-24)17(28)15(27)10-26/h6-8,15,22,26-27H,2-5,9-10,21H2,1H3,(H,23,30)/b11-8-. The largest absolute Gasteiger partial charge is 0.474 e. The van der Waals surface area contributed by atoms with Crippen LogP contribution in [0.2, 0.25) is 0 Å². The lowest BCUT2D eigenvalue weighted by Gasteiger charge is -2.37. The first-order valence-corrected chi connectivity index (χ1v) is 9.52. The van der Waals surface area contributed by atoms with Crippen molar-refractivity contribution in [2.24, 2.45) is 5.73 Å². The monoisotopic (exact) mass is 445 g/mol. The maximum absolute atomic E-state index is 14.6. The van der Waals surface area contributed by atoms with Crippen molar-refractivity contribution in [3.05, 3.63) is 35.7 Å². The molecule has 1 saturated heterocycles. The lowest BCUT2D eigenvalue weighted by molar-refractivity contribution is -0.142. The van der Waals surface area contributed by atoms with E-state index in [1.807, 2.05) is 0 Å². The molecular formula is C18H25F2N5O4S. The molecule has 9 nitrogen and oxygen atoms in total. The quantitative estimate of drug-likeness (QED) is 0.360. The molecule has 30 heavy (non-hydrogen) atoms. The number of hydrogen-bond donors (Lipinski definition) is 5. The van der Waals surface area contributed by atoms with Gasteiger partial charge in [0.15, 0.2) is 17.7 Å². The predicted molar refractivity (Wildman–Crippen MR) is 112 cm³/mol. The van der Waals surface area contributed by atoms with E-state index in [0.29, 0.717) is 5.70 Å². The van der Waals surface area contributed by atoms with Crippen LogP contribution in [0.4, 0.5) is 20.2 Å². The Bertz CT molecular complexity index is 780. The number of ether oxygens (including phenoxy) is 1. The second kappa shape index (κ2) is 10.9. The fourth-order valence-electron chi connectivity index (χ4n) is 2.86. The molecule has 6 N–H and O–H groups in total. The van der Waals surface area contributed by atoms with Gasteiger partial charge in [-0.05, 0) is 24.4 Å². The first kappa shape index (κ1) is 23.6. The average molecular weight is 445 g/mol. The highest BCUT2D eigenvalue weighted by Gasteiger charge is 2.28. The van der Waals surface area contributed by atoms with Gasteiger partial charge in [-0.2, -0.15) is 0 Å². The molecule has 166 valence electrons. The third kappa shape index (κ3) is 6.15. The molecule has 0 spiro atoms. The number of aliphatic hydroxyl groups excluding tert-OH is 2. The summed E-state index contributed by atoms with van der Waals surface area (Å²) in [6, 6.07) is 2.28. The van der Waals surface area contributed by atoms with E-state index in [-0.39, 0.29) is 49.3 Å². The molecule has 1 aliphatic rings. The van der Waals surface area contributed by atoms with Crippen molar-refractivity contribution >= 4 is 34.7 Å².